The third-order valence-corrected chi connectivity index (χ3v) is 3.36. The molecular weight excluding hydrogens is 304 g/mol. The summed E-state index contributed by atoms with van der Waals surface area (Å²) in [6, 6.07) is 13.5. The lowest BCUT2D eigenvalue weighted by Crippen LogP contribution is -2.08. The number of aromatic amines is 1. The van der Waals surface area contributed by atoms with E-state index in [2.05, 4.69) is 9.72 Å². The first-order valence-corrected chi connectivity index (χ1v) is 6.91. The Hall–Kier alpha value is -2.89. The molecule has 0 aliphatic heterocycles. The Labute approximate surface area is 130 Å². The van der Waals surface area contributed by atoms with Crippen LogP contribution in [0.2, 0.25) is 0 Å². The van der Waals surface area contributed by atoms with Crippen molar-refractivity contribution >= 4 is 16.9 Å². The van der Waals surface area contributed by atoms with Gasteiger partial charge in [-0.05, 0) is 12.1 Å². The van der Waals surface area contributed by atoms with Crippen molar-refractivity contribution in [2.24, 2.45) is 0 Å². The maximum atomic E-state index is 12.4. The van der Waals surface area contributed by atoms with E-state index < -0.39 is 12.6 Å². The molecular formula is C17H13F2NO3. The first-order chi connectivity index (χ1) is 11.1. The van der Waals surface area contributed by atoms with E-state index in [1.54, 1.807) is 30.5 Å². The fraction of sp³-hybridized carbons (Fsp3) is 0.118. The number of benzene rings is 2. The van der Waals surface area contributed by atoms with Gasteiger partial charge in [0.05, 0.1) is 5.56 Å². The number of esters is 1. The van der Waals surface area contributed by atoms with Gasteiger partial charge in [-0.1, -0.05) is 36.4 Å². The van der Waals surface area contributed by atoms with Crippen molar-refractivity contribution in [3.8, 4) is 5.75 Å². The molecule has 0 unspecified atom stereocenters. The number of H-pyrrole nitrogens is 1. The maximum absolute atomic E-state index is 12.4. The number of ether oxygens (including phenoxy) is 2. The minimum absolute atomic E-state index is 0.00535. The van der Waals surface area contributed by atoms with Gasteiger partial charge in [0.1, 0.15) is 12.4 Å². The average molecular weight is 317 g/mol. The quantitative estimate of drug-likeness (QED) is 0.720. The fourth-order valence-electron chi connectivity index (χ4n) is 2.30. The molecule has 0 saturated heterocycles. The molecule has 4 nitrogen and oxygen atoms in total. The van der Waals surface area contributed by atoms with Crippen molar-refractivity contribution in [3.05, 3.63) is 65.9 Å². The molecule has 0 radical (unpaired) electrons. The minimum Gasteiger partial charge on any atom is -0.457 e. The molecule has 1 heterocycles. The molecule has 0 saturated carbocycles. The summed E-state index contributed by atoms with van der Waals surface area (Å²) in [4.78, 5) is 15.2. The Bertz CT molecular complexity index is 829. The number of rotatable bonds is 5. The number of para-hydroxylation sites is 2. The van der Waals surface area contributed by atoms with Gasteiger partial charge in [-0.2, -0.15) is 8.78 Å². The lowest BCUT2D eigenvalue weighted by molar-refractivity contribution is -0.0510. The second-order valence-electron chi connectivity index (χ2n) is 4.81. The number of nitrogens with one attached hydrogen (secondary N) is 1. The molecule has 23 heavy (non-hydrogen) atoms. The van der Waals surface area contributed by atoms with Gasteiger partial charge >= 0.3 is 12.6 Å². The molecule has 2 aromatic carbocycles. The van der Waals surface area contributed by atoms with Crippen molar-refractivity contribution in [2.75, 3.05) is 0 Å². The minimum atomic E-state index is -2.93. The first kappa shape index (κ1) is 15.0. The molecule has 0 aliphatic rings. The molecule has 118 valence electrons. The third-order valence-electron chi connectivity index (χ3n) is 3.36. The van der Waals surface area contributed by atoms with Crippen LogP contribution in [0.5, 0.6) is 5.75 Å². The predicted octanol–water partition coefficient (Wildman–Crippen LogP) is 4.13. The first-order valence-electron chi connectivity index (χ1n) is 6.91. The van der Waals surface area contributed by atoms with Crippen molar-refractivity contribution in [1.82, 2.24) is 4.98 Å². The maximum Gasteiger partial charge on any atom is 0.387 e. The van der Waals surface area contributed by atoms with E-state index in [4.69, 9.17) is 4.74 Å². The number of aromatic nitrogens is 1. The number of carbonyl (C=O) groups is 1. The molecule has 0 spiro atoms. The number of hydrogen-bond acceptors (Lipinski definition) is 3. The van der Waals surface area contributed by atoms with E-state index in [1.807, 2.05) is 18.2 Å². The zero-order valence-electron chi connectivity index (χ0n) is 12.0. The van der Waals surface area contributed by atoms with Crippen LogP contribution in [0, 0.1) is 0 Å². The highest BCUT2D eigenvalue weighted by Crippen LogP contribution is 2.23. The zero-order valence-corrected chi connectivity index (χ0v) is 12.0. The van der Waals surface area contributed by atoms with Crippen molar-refractivity contribution < 1.29 is 23.0 Å². The van der Waals surface area contributed by atoms with Gasteiger partial charge in [0, 0.05) is 22.7 Å². The van der Waals surface area contributed by atoms with E-state index in [0.29, 0.717) is 11.1 Å². The second-order valence-corrected chi connectivity index (χ2v) is 4.81. The van der Waals surface area contributed by atoms with Crippen LogP contribution in [0.15, 0.2) is 54.7 Å². The van der Waals surface area contributed by atoms with Crippen LogP contribution in [0.1, 0.15) is 15.9 Å². The smallest absolute Gasteiger partial charge is 0.387 e. The largest absolute Gasteiger partial charge is 0.457 e. The lowest BCUT2D eigenvalue weighted by atomic mass is 10.2. The van der Waals surface area contributed by atoms with Crippen LogP contribution >= 0.6 is 0 Å². The molecule has 6 heteroatoms. The Kier molecular flexibility index (Phi) is 4.23. The Balaban J connectivity index is 1.75. The monoisotopic (exact) mass is 317 g/mol. The topological polar surface area (TPSA) is 51.3 Å². The zero-order chi connectivity index (χ0) is 16.2. The van der Waals surface area contributed by atoms with Crippen LogP contribution in [-0.2, 0) is 11.3 Å². The van der Waals surface area contributed by atoms with E-state index in [1.165, 1.54) is 6.07 Å². The average Bonchev–Trinajstić information content (AvgIpc) is 2.97. The Morgan fingerprint density at radius 2 is 1.83 bits per heavy atom. The number of carbonyl (C=O) groups excluding carboxylic acids is 1. The SMILES string of the molecule is O=C(OCc1ccccc1OC(F)F)c1c[nH]c2ccccc12. The summed E-state index contributed by atoms with van der Waals surface area (Å²) in [6.07, 6.45) is 1.56. The van der Waals surface area contributed by atoms with Gasteiger partial charge in [-0.3, -0.25) is 0 Å². The standard InChI is InChI=1S/C17H13F2NO3/c18-17(19)23-15-8-4-1-5-11(15)10-22-16(21)13-9-20-14-7-3-2-6-12(13)14/h1-9,17,20H,10H2. The molecule has 1 N–H and O–H groups in total. The summed E-state index contributed by atoms with van der Waals surface area (Å²) in [7, 11) is 0. The highest BCUT2D eigenvalue weighted by Gasteiger charge is 2.15. The molecule has 0 aliphatic carbocycles. The van der Waals surface area contributed by atoms with Crippen LogP contribution in [-0.4, -0.2) is 17.6 Å². The number of halogens is 2. The van der Waals surface area contributed by atoms with E-state index in [9.17, 15) is 13.6 Å². The van der Waals surface area contributed by atoms with Crippen molar-refractivity contribution in [3.63, 3.8) is 0 Å². The number of alkyl halides is 2. The van der Waals surface area contributed by atoms with Gasteiger partial charge in [0.15, 0.2) is 0 Å². The Morgan fingerprint density at radius 1 is 1.09 bits per heavy atom. The summed E-state index contributed by atoms with van der Waals surface area (Å²) < 4.78 is 34.4. The Morgan fingerprint density at radius 3 is 2.65 bits per heavy atom. The number of hydrogen-bond donors (Lipinski definition) is 1. The van der Waals surface area contributed by atoms with Gasteiger partial charge in [-0.15, -0.1) is 0 Å². The lowest BCUT2D eigenvalue weighted by Gasteiger charge is -2.10. The van der Waals surface area contributed by atoms with Gasteiger partial charge in [0.25, 0.3) is 0 Å². The van der Waals surface area contributed by atoms with E-state index in [0.717, 1.165) is 10.9 Å². The molecule has 1 aromatic heterocycles. The summed E-state index contributed by atoms with van der Waals surface area (Å²) in [5.74, 6) is -0.538. The molecule has 3 rings (SSSR count). The summed E-state index contributed by atoms with van der Waals surface area (Å²) in [5, 5.41) is 0.745. The fourth-order valence-corrected chi connectivity index (χ4v) is 2.30. The summed E-state index contributed by atoms with van der Waals surface area (Å²) >= 11 is 0. The van der Waals surface area contributed by atoms with Gasteiger partial charge in [0.2, 0.25) is 0 Å². The molecule has 0 atom stereocenters. The van der Waals surface area contributed by atoms with Crippen molar-refractivity contribution in [2.45, 2.75) is 13.2 Å². The van der Waals surface area contributed by atoms with Crippen LogP contribution in [0.25, 0.3) is 10.9 Å². The predicted molar refractivity (Wildman–Crippen MR) is 80.5 cm³/mol. The van der Waals surface area contributed by atoms with Gasteiger partial charge in [-0.25, -0.2) is 4.79 Å². The van der Waals surface area contributed by atoms with Crippen LogP contribution in [0.3, 0.4) is 0 Å². The van der Waals surface area contributed by atoms with E-state index in [-0.39, 0.29) is 12.4 Å². The van der Waals surface area contributed by atoms with Crippen LogP contribution < -0.4 is 4.74 Å². The second kappa shape index (κ2) is 6.48. The number of fused-ring (bicyclic) bond motifs is 1. The summed E-state index contributed by atoms with van der Waals surface area (Å²) in [6.45, 7) is -3.08. The molecule has 0 fully saturated rings. The van der Waals surface area contributed by atoms with Crippen molar-refractivity contribution in [1.29, 1.82) is 0 Å². The summed E-state index contributed by atoms with van der Waals surface area (Å²) in [5.41, 5.74) is 1.59. The third kappa shape index (κ3) is 3.31. The highest BCUT2D eigenvalue weighted by molar-refractivity contribution is 6.03. The molecule has 0 bridgehead atoms. The van der Waals surface area contributed by atoms with E-state index >= 15 is 0 Å². The van der Waals surface area contributed by atoms with Crippen LogP contribution in [0.4, 0.5) is 8.78 Å². The molecule has 3 aromatic rings. The highest BCUT2D eigenvalue weighted by atomic mass is 19.3. The molecule has 0 amide bonds. The van der Waals surface area contributed by atoms with Gasteiger partial charge < -0.3 is 14.5 Å². The normalized spacial score (nSPS) is 10.9.